The van der Waals surface area contributed by atoms with Crippen molar-refractivity contribution in [2.75, 3.05) is 34.2 Å². The number of likely N-dealkylation sites (N-methyl/N-ethyl adjacent to an activating group) is 1. The van der Waals surface area contributed by atoms with Gasteiger partial charge in [0.25, 0.3) is 0 Å². The van der Waals surface area contributed by atoms with Crippen molar-refractivity contribution >= 4 is 5.96 Å². The fourth-order valence-electron chi connectivity index (χ4n) is 2.76. The second-order valence-corrected chi connectivity index (χ2v) is 6.21. The summed E-state index contributed by atoms with van der Waals surface area (Å²) in [5.74, 6) is 1.45. The van der Waals surface area contributed by atoms with E-state index in [0.717, 1.165) is 24.4 Å². The summed E-state index contributed by atoms with van der Waals surface area (Å²) >= 11 is 0. The second kappa shape index (κ2) is 9.86. The minimum atomic E-state index is -0.225. The summed E-state index contributed by atoms with van der Waals surface area (Å²) in [4.78, 5) is 6.31. The SMILES string of the molecule is CCc1nncn1CCNC(=NC)NCC(c1cccc(F)c1)N(C)C. The lowest BCUT2D eigenvalue weighted by Crippen LogP contribution is -2.42. The van der Waals surface area contributed by atoms with Crippen LogP contribution in [0.15, 0.2) is 35.6 Å². The summed E-state index contributed by atoms with van der Waals surface area (Å²) < 4.78 is 15.6. The van der Waals surface area contributed by atoms with Crippen molar-refractivity contribution < 1.29 is 4.39 Å². The molecule has 1 atom stereocenters. The Morgan fingerprint density at radius 1 is 1.35 bits per heavy atom. The number of hydrogen-bond donors (Lipinski definition) is 2. The van der Waals surface area contributed by atoms with Gasteiger partial charge < -0.3 is 20.1 Å². The van der Waals surface area contributed by atoms with Crippen LogP contribution in [0.2, 0.25) is 0 Å². The minimum absolute atomic E-state index is 0.0359. The Bertz CT molecular complexity index is 711. The maximum Gasteiger partial charge on any atom is 0.191 e. The summed E-state index contributed by atoms with van der Waals surface area (Å²) in [5, 5.41) is 14.6. The predicted octanol–water partition coefficient (Wildman–Crippen LogP) is 1.45. The van der Waals surface area contributed by atoms with Crippen LogP contribution in [0.5, 0.6) is 0 Å². The van der Waals surface area contributed by atoms with Crippen LogP contribution < -0.4 is 10.6 Å². The van der Waals surface area contributed by atoms with Gasteiger partial charge in [-0.05, 0) is 31.8 Å². The fourth-order valence-corrected chi connectivity index (χ4v) is 2.76. The second-order valence-electron chi connectivity index (χ2n) is 6.21. The number of aliphatic imine (C=N–C) groups is 1. The van der Waals surface area contributed by atoms with E-state index in [1.807, 2.05) is 24.7 Å². The van der Waals surface area contributed by atoms with Crippen LogP contribution in [0.1, 0.15) is 24.4 Å². The normalized spacial score (nSPS) is 13.1. The predicted molar refractivity (Wildman–Crippen MR) is 102 cm³/mol. The molecule has 2 rings (SSSR count). The topological polar surface area (TPSA) is 70.4 Å². The number of nitrogens with zero attached hydrogens (tertiary/aromatic N) is 5. The summed E-state index contributed by atoms with van der Waals surface area (Å²) in [5.41, 5.74) is 0.926. The molecule has 0 aliphatic rings. The van der Waals surface area contributed by atoms with Gasteiger partial charge in [0.1, 0.15) is 18.0 Å². The first kappa shape index (κ1) is 19.8. The molecule has 0 aliphatic carbocycles. The molecule has 1 aromatic heterocycles. The molecule has 0 saturated heterocycles. The zero-order chi connectivity index (χ0) is 18.9. The third-order valence-corrected chi connectivity index (χ3v) is 4.20. The quantitative estimate of drug-likeness (QED) is 0.550. The fraction of sp³-hybridized carbons (Fsp3) is 0.500. The van der Waals surface area contributed by atoms with E-state index in [4.69, 9.17) is 0 Å². The number of aromatic nitrogens is 3. The summed E-state index contributed by atoms with van der Waals surface area (Å²) in [6.07, 6.45) is 2.59. The number of aryl methyl sites for hydroxylation is 1. The van der Waals surface area contributed by atoms with E-state index < -0.39 is 0 Å². The number of nitrogens with one attached hydrogen (secondary N) is 2. The number of hydrogen-bond acceptors (Lipinski definition) is 4. The van der Waals surface area contributed by atoms with Gasteiger partial charge in [-0.25, -0.2) is 4.39 Å². The molecule has 7 nitrogen and oxygen atoms in total. The van der Waals surface area contributed by atoms with Gasteiger partial charge >= 0.3 is 0 Å². The van der Waals surface area contributed by atoms with Crippen LogP contribution in [0.3, 0.4) is 0 Å². The highest BCUT2D eigenvalue weighted by atomic mass is 19.1. The number of guanidine groups is 1. The van der Waals surface area contributed by atoms with E-state index in [0.29, 0.717) is 19.0 Å². The maximum atomic E-state index is 13.5. The first-order valence-corrected chi connectivity index (χ1v) is 8.78. The van der Waals surface area contributed by atoms with Gasteiger partial charge in [-0.1, -0.05) is 19.1 Å². The van der Waals surface area contributed by atoms with Crippen molar-refractivity contribution in [2.24, 2.45) is 4.99 Å². The molecule has 1 heterocycles. The first-order chi connectivity index (χ1) is 12.5. The number of benzene rings is 1. The van der Waals surface area contributed by atoms with Crippen LogP contribution in [0.4, 0.5) is 4.39 Å². The van der Waals surface area contributed by atoms with Gasteiger partial charge in [-0.15, -0.1) is 10.2 Å². The average Bonchev–Trinajstić information content (AvgIpc) is 3.07. The van der Waals surface area contributed by atoms with Gasteiger partial charge in [0.15, 0.2) is 5.96 Å². The van der Waals surface area contributed by atoms with Crippen LogP contribution >= 0.6 is 0 Å². The molecular weight excluding hydrogens is 333 g/mol. The smallest absolute Gasteiger partial charge is 0.191 e. The third kappa shape index (κ3) is 5.52. The molecule has 1 aromatic carbocycles. The number of rotatable bonds is 8. The molecule has 1 unspecified atom stereocenters. The molecule has 8 heteroatoms. The van der Waals surface area contributed by atoms with Gasteiger partial charge in [-0.2, -0.15) is 0 Å². The monoisotopic (exact) mass is 361 g/mol. The van der Waals surface area contributed by atoms with Crippen molar-refractivity contribution in [1.29, 1.82) is 0 Å². The first-order valence-electron chi connectivity index (χ1n) is 8.78. The molecule has 0 spiro atoms. The molecule has 0 fully saturated rings. The van der Waals surface area contributed by atoms with Gasteiger partial charge in [0, 0.05) is 33.1 Å². The molecule has 0 radical (unpaired) electrons. The highest BCUT2D eigenvalue weighted by molar-refractivity contribution is 5.79. The Hall–Kier alpha value is -2.48. The van der Waals surface area contributed by atoms with E-state index in [-0.39, 0.29) is 11.9 Å². The molecule has 0 amide bonds. The van der Waals surface area contributed by atoms with Crippen molar-refractivity contribution in [3.8, 4) is 0 Å². The molecule has 0 bridgehead atoms. The Morgan fingerprint density at radius 2 is 2.15 bits per heavy atom. The Balaban J connectivity index is 1.88. The third-order valence-electron chi connectivity index (χ3n) is 4.20. The van der Waals surface area contributed by atoms with Gasteiger partial charge in [0.2, 0.25) is 0 Å². The molecule has 0 aliphatic heterocycles. The van der Waals surface area contributed by atoms with Crippen LogP contribution in [0, 0.1) is 5.82 Å². The zero-order valence-corrected chi connectivity index (χ0v) is 15.9. The van der Waals surface area contributed by atoms with Crippen LogP contribution in [-0.4, -0.2) is 59.9 Å². The summed E-state index contributed by atoms with van der Waals surface area (Å²) in [7, 11) is 5.69. The molecule has 2 N–H and O–H groups in total. The Kier molecular flexibility index (Phi) is 7.53. The minimum Gasteiger partial charge on any atom is -0.355 e. The van der Waals surface area contributed by atoms with Crippen LogP contribution in [-0.2, 0) is 13.0 Å². The van der Waals surface area contributed by atoms with Gasteiger partial charge in [-0.3, -0.25) is 4.99 Å². The van der Waals surface area contributed by atoms with Crippen LogP contribution in [0.25, 0.3) is 0 Å². The van der Waals surface area contributed by atoms with Crippen molar-refractivity contribution in [2.45, 2.75) is 25.9 Å². The molecular formula is C18H28FN7. The highest BCUT2D eigenvalue weighted by Gasteiger charge is 2.15. The number of halogens is 1. The van der Waals surface area contributed by atoms with E-state index in [9.17, 15) is 4.39 Å². The van der Waals surface area contributed by atoms with E-state index in [2.05, 4.69) is 37.6 Å². The molecule has 142 valence electrons. The largest absolute Gasteiger partial charge is 0.355 e. The van der Waals surface area contributed by atoms with E-state index >= 15 is 0 Å². The maximum absolute atomic E-state index is 13.5. The standard InChI is InChI=1S/C18H28FN7/c1-5-17-24-23-13-26(17)10-9-21-18(20-2)22-12-16(25(3)4)14-7-6-8-15(19)11-14/h6-8,11,13,16H,5,9-10,12H2,1-4H3,(H2,20,21,22). The summed E-state index contributed by atoms with van der Waals surface area (Å²) in [6.45, 7) is 4.14. The van der Waals surface area contributed by atoms with E-state index in [1.54, 1.807) is 25.5 Å². The van der Waals surface area contributed by atoms with Crippen molar-refractivity contribution in [3.05, 3.63) is 47.8 Å². The highest BCUT2D eigenvalue weighted by Crippen LogP contribution is 2.18. The van der Waals surface area contributed by atoms with Gasteiger partial charge in [0.05, 0.1) is 6.04 Å². The molecule has 26 heavy (non-hydrogen) atoms. The zero-order valence-electron chi connectivity index (χ0n) is 15.9. The molecule has 0 saturated carbocycles. The van der Waals surface area contributed by atoms with Crippen molar-refractivity contribution in [1.82, 2.24) is 30.3 Å². The lowest BCUT2D eigenvalue weighted by atomic mass is 10.1. The summed E-state index contributed by atoms with van der Waals surface area (Å²) in [6, 6.07) is 6.73. The Labute approximate surface area is 154 Å². The van der Waals surface area contributed by atoms with E-state index in [1.165, 1.54) is 6.07 Å². The lowest BCUT2D eigenvalue weighted by Gasteiger charge is -2.26. The van der Waals surface area contributed by atoms with Crippen molar-refractivity contribution in [3.63, 3.8) is 0 Å². The average molecular weight is 361 g/mol. The lowest BCUT2D eigenvalue weighted by molar-refractivity contribution is 0.297. The molecule has 2 aromatic rings. The Morgan fingerprint density at radius 3 is 2.81 bits per heavy atom.